The first-order valence-corrected chi connectivity index (χ1v) is 8.32. The minimum absolute atomic E-state index is 0.270. The van der Waals surface area contributed by atoms with E-state index in [9.17, 15) is 14.4 Å². The van der Waals surface area contributed by atoms with Crippen molar-refractivity contribution in [3.63, 3.8) is 0 Å². The number of benzene rings is 1. The third-order valence-electron chi connectivity index (χ3n) is 4.04. The molecule has 140 valence electrons. The van der Waals surface area contributed by atoms with Crippen LogP contribution in [0.15, 0.2) is 41.4 Å². The van der Waals surface area contributed by atoms with Gasteiger partial charge in [-0.3, -0.25) is 14.5 Å². The maximum atomic E-state index is 12.5. The third kappa shape index (κ3) is 3.70. The number of aliphatic imine (C=N–C) groups is 1. The largest absolute Gasteiger partial charge is 0.495 e. The number of fused-ring (bicyclic) bond motifs is 1. The van der Waals surface area contributed by atoms with E-state index in [2.05, 4.69) is 10.3 Å². The molecule has 2 aliphatic rings. The second kappa shape index (κ2) is 7.63. The van der Waals surface area contributed by atoms with Gasteiger partial charge in [-0.1, -0.05) is 29.8 Å². The number of amides is 4. The van der Waals surface area contributed by atoms with Crippen molar-refractivity contribution in [1.29, 1.82) is 0 Å². The molecule has 27 heavy (non-hydrogen) atoms. The van der Waals surface area contributed by atoms with Gasteiger partial charge < -0.3 is 14.8 Å². The fraction of sp³-hybridized carbons (Fsp3) is 0.222. The van der Waals surface area contributed by atoms with E-state index in [1.165, 1.54) is 26.4 Å². The van der Waals surface area contributed by atoms with Gasteiger partial charge >= 0.3 is 6.03 Å². The standard InChI is InChI=1S/C18H16ClN3O5/c1-26-14-8-15(27-2)13(7-11(14)19)20-16(23)9-22-17(24)10-5-3-4-6-12(10)21-18(22)25/h3-8,10H,9H2,1-2H3,(H,20,23). The third-order valence-corrected chi connectivity index (χ3v) is 4.33. The summed E-state index contributed by atoms with van der Waals surface area (Å²) < 4.78 is 10.3. The zero-order valence-corrected chi connectivity index (χ0v) is 15.3. The number of allylic oxidation sites excluding steroid dienone is 3. The fourth-order valence-corrected chi connectivity index (χ4v) is 2.96. The van der Waals surface area contributed by atoms with Gasteiger partial charge in [0.05, 0.1) is 36.6 Å². The van der Waals surface area contributed by atoms with Crippen molar-refractivity contribution in [3.8, 4) is 11.5 Å². The summed E-state index contributed by atoms with van der Waals surface area (Å²) in [6.45, 7) is -0.477. The number of carbonyl (C=O) groups is 3. The summed E-state index contributed by atoms with van der Waals surface area (Å²) in [4.78, 5) is 41.7. The number of urea groups is 1. The number of methoxy groups -OCH3 is 2. The molecule has 3 rings (SSSR count). The summed E-state index contributed by atoms with van der Waals surface area (Å²) in [5.41, 5.74) is 0.655. The summed E-state index contributed by atoms with van der Waals surface area (Å²) in [7, 11) is 2.88. The lowest BCUT2D eigenvalue weighted by atomic mass is 9.95. The van der Waals surface area contributed by atoms with E-state index in [1.807, 2.05) is 0 Å². The lowest BCUT2D eigenvalue weighted by molar-refractivity contribution is -0.132. The maximum Gasteiger partial charge on any atom is 0.351 e. The number of hydrogen-bond donors (Lipinski definition) is 1. The predicted octanol–water partition coefficient (Wildman–Crippen LogP) is 2.44. The van der Waals surface area contributed by atoms with E-state index in [0.29, 0.717) is 17.2 Å². The van der Waals surface area contributed by atoms with E-state index in [-0.39, 0.29) is 10.7 Å². The van der Waals surface area contributed by atoms with Gasteiger partial charge in [-0.25, -0.2) is 4.79 Å². The number of imide groups is 1. The van der Waals surface area contributed by atoms with Gasteiger partial charge in [0.15, 0.2) is 0 Å². The van der Waals surface area contributed by atoms with Gasteiger partial charge in [-0.2, -0.15) is 4.99 Å². The molecule has 0 aromatic heterocycles. The Morgan fingerprint density at radius 1 is 1.22 bits per heavy atom. The zero-order valence-electron chi connectivity index (χ0n) is 14.6. The zero-order chi connectivity index (χ0) is 19.6. The Labute approximate surface area is 160 Å². The van der Waals surface area contributed by atoms with E-state index >= 15 is 0 Å². The Morgan fingerprint density at radius 3 is 2.67 bits per heavy atom. The van der Waals surface area contributed by atoms with Crippen molar-refractivity contribution < 1.29 is 23.9 Å². The SMILES string of the molecule is COc1cc(OC)c(NC(=O)CN2C(=O)N=C3C=CC=CC3C2=O)cc1Cl. The van der Waals surface area contributed by atoms with Crippen molar-refractivity contribution >= 4 is 40.8 Å². The van der Waals surface area contributed by atoms with Gasteiger partial charge in [0, 0.05) is 6.07 Å². The molecular weight excluding hydrogens is 374 g/mol. The second-order valence-corrected chi connectivity index (χ2v) is 6.11. The molecule has 1 N–H and O–H groups in total. The van der Waals surface area contributed by atoms with Gasteiger partial charge in [-0.05, 0) is 12.1 Å². The number of nitrogens with one attached hydrogen (secondary N) is 1. The van der Waals surface area contributed by atoms with Crippen LogP contribution >= 0.6 is 11.6 Å². The molecular formula is C18H16ClN3O5. The molecule has 0 saturated heterocycles. The van der Waals surface area contributed by atoms with Gasteiger partial charge in [0.25, 0.3) is 0 Å². The number of nitrogens with zero attached hydrogens (tertiary/aromatic N) is 2. The molecule has 1 aromatic rings. The lowest BCUT2D eigenvalue weighted by Crippen LogP contribution is -2.49. The molecule has 9 heteroatoms. The number of halogens is 1. The molecule has 1 aliphatic carbocycles. The average Bonchev–Trinajstić information content (AvgIpc) is 2.65. The van der Waals surface area contributed by atoms with Crippen LogP contribution in [-0.4, -0.2) is 49.2 Å². The maximum absolute atomic E-state index is 12.5. The Balaban J connectivity index is 1.77. The van der Waals surface area contributed by atoms with E-state index < -0.39 is 30.3 Å². The minimum atomic E-state index is -0.777. The molecule has 0 radical (unpaired) electrons. The molecule has 1 heterocycles. The van der Waals surface area contributed by atoms with Crippen molar-refractivity contribution in [3.05, 3.63) is 41.5 Å². The van der Waals surface area contributed by atoms with Crippen molar-refractivity contribution in [2.24, 2.45) is 10.9 Å². The Hall–Kier alpha value is -3.13. The highest BCUT2D eigenvalue weighted by Gasteiger charge is 2.36. The number of rotatable bonds is 5. The van der Waals surface area contributed by atoms with E-state index in [0.717, 1.165) is 4.90 Å². The topological polar surface area (TPSA) is 97.3 Å². The molecule has 1 aliphatic heterocycles. The summed E-state index contributed by atoms with van der Waals surface area (Å²) in [6, 6.07) is 2.20. The van der Waals surface area contributed by atoms with Gasteiger partial charge in [0.2, 0.25) is 11.8 Å². The first-order valence-electron chi connectivity index (χ1n) is 7.94. The molecule has 0 fully saturated rings. The van der Waals surface area contributed by atoms with Crippen LogP contribution in [0.1, 0.15) is 0 Å². The second-order valence-electron chi connectivity index (χ2n) is 5.70. The Bertz CT molecular complexity index is 907. The Kier molecular flexibility index (Phi) is 5.27. The predicted molar refractivity (Wildman–Crippen MR) is 99.5 cm³/mol. The van der Waals surface area contributed by atoms with Crippen LogP contribution in [0, 0.1) is 5.92 Å². The quantitative estimate of drug-likeness (QED) is 0.834. The monoisotopic (exact) mass is 389 g/mol. The van der Waals surface area contributed by atoms with Gasteiger partial charge in [0.1, 0.15) is 18.0 Å². The molecule has 8 nitrogen and oxygen atoms in total. The van der Waals surface area contributed by atoms with Crippen LogP contribution in [0.25, 0.3) is 0 Å². The fourth-order valence-electron chi connectivity index (χ4n) is 2.72. The van der Waals surface area contributed by atoms with Crippen LogP contribution in [0.5, 0.6) is 11.5 Å². The van der Waals surface area contributed by atoms with Gasteiger partial charge in [-0.15, -0.1) is 0 Å². The summed E-state index contributed by atoms with van der Waals surface area (Å²) in [5, 5.41) is 2.85. The van der Waals surface area contributed by atoms with Crippen LogP contribution in [0.4, 0.5) is 10.5 Å². The molecule has 0 bridgehead atoms. The molecule has 1 atom stereocenters. The summed E-state index contributed by atoms with van der Waals surface area (Å²) >= 11 is 6.07. The molecule has 0 saturated carbocycles. The van der Waals surface area contributed by atoms with Crippen molar-refractivity contribution in [2.45, 2.75) is 0 Å². The number of ether oxygens (including phenoxy) is 2. The molecule has 4 amide bonds. The minimum Gasteiger partial charge on any atom is -0.495 e. The highest BCUT2D eigenvalue weighted by atomic mass is 35.5. The lowest BCUT2D eigenvalue weighted by Gasteiger charge is -2.27. The van der Waals surface area contributed by atoms with E-state index in [1.54, 1.807) is 24.3 Å². The summed E-state index contributed by atoms with van der Waals surface area (Å²) in [5.74, 6) is -1.05. The Morgan fingerprint density at radius 2 is 1.96 bits per heavy atom. The van der Waals surface area contributed by atoms with Crippen LogP contribution in [0.3, 0.4) is 0 Å². The first kappa shape index (κ1) is 18.7. The smallest absolute Gasteiger partial charge is 0.351 e. The molecule has 0 spiro atoms. The number of carbonyl (C=O) groups excluding carboxylic acids is 3. The van der Waals surface area contributed by atoms with E-state index in [4.69, 9.17) is 21.1 Å². The number of anilines is 1. The first-order chi connectivity index (χ1) is 12.9. The highest BCUT2D eigenvalue weighted by molar-refractivity contribution is 6.32. The summed E-state index contributed by atoms with van der Waals surface area (Å²) in [6.07, 6.45) is 6.62. The highest BCUT2D eigenvalue weighted by Crippen LogP contribution is 2.35. The average molecular weight is 390 g/mol. The van der Waals surface area contributed by atoms with Crippen LogP contribution in [-0.2, 0) is 9.59 Å². The normalized spacial score (nSPS) is 18.1. The van der Waals surface area contributed by atoms with Crippen LogP contribution in [0.2, 0.25) is 5.02 Å². The molecule has 1 unspecified atom stereocenters. The molecule has 1 aromatic carbocycles. The van der Waals surface area contributed by atoms with Crippen molar-refractivity contribution in [2.75, 3.05) is 26.1 Å². The van der Waals surface area contributed by atoms with Crippen LogP contribution < -0.4 is 14.8 Å². The van der Waals surface area contributed by atoms with Crippen molar-refractivity contribution in [1.82, 2.24) is 4.90 Å². The number of hydrogen-bond acceptors (Lipinski definition) is 5.